The molecule has 0 aromatic heterocycles. The molecule has 0 heterocycles. The second-order valence-corrected chi connectivity index (χ2v) is 5.45. The molecule has 6 N–H and O–H groups in total. The molecule has 2 aliphatic carbocycles. The summed E-state index contributed by atoms with van der Waals surface area (Å²) in [4.78, 5) is 0. The summed E-state index contributed by atoms with van der Waals surface area (Å²) in [7, 11) is 0. The van der Waals surface area contributed by atoms with Crippen molar-refractivity contribution < 1.29 is 0 Å². The van der Waals surface area contributed by atoms with E-state index in [1.807, 2.05) is 0 Å². The van der Waals surface area contributed by atoms with Gasteiger partial charge in [0.1, 0.15) is 0 Å². The van der Waals surface area contributed by atoms with E-state index in [0.29, 0.717) is 24.9 Å². The zero-order valence-electron chi connectivity index (χ0n) is 10.6. The van der Waals surface area contributed by atoms with Crippen molar-refractivity contribution in [3.63, 3.8) is 0 Å². The maximum absolute atomic E-state index is 7.51. The number of hydrogen-bond acceptors (Lipinski definition) is 4. The summed E-state index contributed by atoms with van der Waals surface area (Å²) in [6, 6.07) is 0. The molecule has 2 rings (SSSR count). The van der Waals surface area contributed by atoms with E-state index in [0.717, 1.165) is 25.7 Å². The van der Waals surface area contributed by atoms with Crippen molar-refractivity contribution >= 4 is 11.7 Å². The number of rotatable bonds is 8. The van der Waals surface area contributed by atoms with E-state index < -0.39 is 0 Å². The molecule has 2 atom stereocenters. The minimum atomic E-state index is 0.0606. The van der Waals surface area contributed by atoms with Crippen LogP contribution in [0.2, 0.25) is 0 Å². The van der Waals surface area contributed by atoms with Gasteiger partial charge < -0.3 is 11.5 Å². The fourth-order valence-electron chi connectivity index (χ4n) is 2.29. The maximum atomic E-state index is 7.51. The molecule has 2 aliphatic rings. The number of azo groups is 1. The third-order valence-electron chi connectivity index (χ3n) is 3.84. The van der Waals surface area contributed by atoms with Crippen molar-refractivity contribution in [3.05, 3.63) is 0 Å². The first kappa shape index (κ1) is 13.0. The summed E-state index contributed by atoms with van der Waals surface area (Å²) in [5.74, 6) is 1.64. The highest BCUT2D eigenvalue weighted by molar-refractivity contribution is 5.81. The Morgan fingerprint density at radius 1 is 0.889 bits per heavy atom. The van der Waals surface area contributed by atoms with Crippen molar-refractivity contribution in [2.24, 2.45) is 45.4 Å². The zero-order chi connectivity index (χ0) is 13.1. The zero-order valence-corrected chi connectivity index (χ0v) is 10.6. The molecule has 0 radical (unpaired) electrons. The minimum absolute atomic E-state index is 0.0606. The summed E-state index contributed by atoms with van der Waals surface area (Å²) < 4.78 is 0. The highest BCUT2D eigenvalue weighted by Gasteiger charge is 2.34. The number of amidine groups is 2. The number of nitrogens with one attached hydrogen (secondary N) is 2. The summed E-state index contributed by atoms with van der Waals surface area (Å²) in [5.41, 5.74) is 11.1. The van der Waals surface area contributed by atoms with E-state index in [4.69, 9.17) is 22.3 Å². The Morgan fingerprint density at radius 3 is 1.44 bits per heavy atom. The molecule has 6 nitrogen and oxygen atoms in total. The van der Waals surface area contributed by atoms with Gasteiger partial charge in [0.25, 0.3) is 0 Å². The van der Waals surface area contributed by atoms with Gasteiger partial charge in [-0.15, -0.1) is 0 Å². The molecule has 18 heavy (non-hydrogen) atoms. The van der Waals surface area contributed by atoms with Gasteiger partial charge in [-0.05, 0) is 37.5 Å². The smallest absolute Gasteiger partial charge is 0.0959 e. The molecule has 0 aliphatic heterocycles. The van der Waals surface area contributed by atoms with Gasteiger partial charge in [-0.3, -0.25) is 10.8 Å². The summed E-state index contributed by atoms with van der Waals surface area (Å²) in [6.07, 6.45) is 4.60. The molecule has 0 bridgehead atoms. The summed E-state index contributed by atoms with van der Waals surface area (Å²) in [6.45, 7) is 1.02. The van der Waals surface area contributed by atoms with Crippen LogP contribution in [0.3, 0.4) is 0 Å². The van der Waals surface area contributed by atoms with E-state index in [9.17, 15) is 0 Å². The molecule has 6 heteroatoms. The quantitative estimate of drug-likeness (QED) is 0.295. The van der Waals surface area contributed by atoms with E-state index >= 15 is 0 Å². The van der Waals surface area contributed by atoms with Gasteiger partial charge in [-0.2, -0.15) is 10.2 Å². The first-order chi connectivity index (χ1) is 8.59. The number of hydrogen-bond donors (Lipinski definition) is 4. The highest BCUT2D eigenvalue weighted by atomic mass is 15.1. The van der Waals surface area contributed by atoms with Crippen LogP contribution in [0.15, 0.2) is 10.2 Å². The molecule has 2 fully saturated rings. The lowest BCUT2D eigenvalue weighted by atomic mass is 10.0. The van der Waals surface area contributed by atoms with E-state index in [2.05, 4.69) is 10.2 Å². The van der Waals surface area contributed by atoms with Gasteiger partial charge in [-0.1, -0.05) is 0 Å². The van der Waals surface area contributed by atoms with Crippen LogP contribution in [0.1, 0.15) is 25.7 Å². The largest absolute Gasteiger partial charge is 0.387 e. The van der Waals surface area contributed by atoms with Crippen LogP contribution >= 0.6 is 0 Å². The lowest BCUT2D eigenvalue weighted by molar-refractivity contribution is 0.559. The number of nitrogens with two attached hydrogens (primary N) is 2. The molecule has 2 unspecified atom stereocenters. The van der Waals surface area contributed by atoms with Gasteiger partial charge in [0.05, 0.1) is 24.8 Å². The predicted octanol–water partition coefficient (Wildman–Crippen LogP) is 1.36. The van der Waals surface area contributed by atoms with Gasteiger partial charge in [0.15, 0.2) is 0 Å². The van der Waals surface area contributed by atoms with Crippen molar-refractivity contribution in [2.75, 3.05) is 13.1 Å². The summed E-state index contributed by atoms with van der Waals surface area (Å²) in [5, 5.41) is 23.3. The van der Waals surface area contributed by atoms with Gasteiger partial charge in [-0.25, -0.2) is 0 Å². The molecule has 2 saturated carbocycles. The standard InChI is InChI=1S/C12H22N6/c13-11(14)9(7-1-2-7)5-17-18-6-10(12(15)16)8-3-4-8/h7-10H,1-6H2,(H3,13,14)(H3,15,16). The van der Waals surface area contributed by atoms with Crippen LogP contribution in [0.4, 0.5) is 0 Å². The Bertz CT molecular complexity index is 322. The molecular weight excluding hydrogens is 228 g/mol. The normalized spacial score (nSPS) is 22.9. The first-order valence-corrected chi connectivity index (χ1v) is 6.60. The molecule has 0 spiro atoms. The fraction of sp³-hybridized carbons (Fsp3) is 0.833. The highest BCUT2D eigenvalue weighted by Crippen LogP contribution is 2.38. The van der Waals surface area contributed by atoms with Crippen LogP contribution in [-0.4, -0.2) is 24.8 Å². The first-order valence-electron chi connectivity index (χ1n) is 6.60. The van der Waals surface area contributed by atoms with Crippen LogP contribution in [0.5, 0.6) is 0 Å². The van der Waals surface area contributed by atoms with E-state index in [-0.39, 0.29) is 23.5 Å². The average molecular weight is 250 g/mol. The topological polar surface area (TPSA) is 124 Å². The minimum Gasteiger partial charge on any atom is -0.387 e. The average Bonchev–Trinajstić information content (AvgIpc) is 3.13. The van der Waals surface area contributed by atoms with E-state index in [1.165, 1.54) is 0 Å². The van der Waals surface area contributed by atoms with E-state index in [1.54, 1.807) is 0 Å². The molecule has 100 valence electrons. The van der Waals surface area contributed by atoms with Crippen molar-refractivity contribution in [3.8, 4) is 0 Å². The van der Waals surface area contributed by atoms with Gasteiger partial charge in [0, 0.05) is 11.8 Å². The Kier molecular flexibility index (Phi) is 3.93. The monoisotopic (exact) mass is 250 g/mol. The second-order valence-electron chi connectivity index (χ2n) is 5.45. The molecule has 0 amide bonds. The predicted molar refractivity (Wildman–Crippen MR) is 70.8 cm³/mol. The molecule has 0 aromatic carbocycles. The Morgan fingerprint density at radius 2 is 1.22 bits per heavy atom. The lowest BCUT2D eigenvalue weighted by Gasteiger charge is -2.12. The van der Waals surface area contributed by atoms with Crippen LogP contribution in [-0.2, 0) is 0 Å². The van der Waals surface area contributed by atoms with Gasteiger partial charge >= 0.3 is 0 Å². The Labute approximate surface area is 107 Å². The van der Waals surface area contributed by atoms with Crippen molar-refractivity contribution in [2.45, 2.75) is 25.7 Å². The second kappa shape index (κ2) is 5.46. The molecule has 0 aromatic rings. The van der Waals surface area contributed by atoms with Crippen molar-refractivity contribution in [1.82, 2.24) is 0 Å². The van der Waals surface area contributed by atoms with Crippen LogP contribution < -0.4 is 11.5 Å². The van der Waals surface area contributed by atoms with Crippen LogP contribution in [0.25, 0.3) is 0 Å². The van der Waals surface area contributed by atoms with Crippen molar-refractivity contribution in [1.29, 1.82) is 10.8 Å². The lowest BCUT2D eigenvalue weighted by Crippen LogP contribution is -2.27. The third-order valence-corrected chi connectivity index (χ3v) is 3.84. The number of nitrogens with zero attached hydrogens (tertiary/aromatic N) is 2. The Hall–Kier alpha value is -1.46. The fourth-order valence-corrected chi connectivity index (χ4v) is 2.29. The van der Waals surface area contributed by atoms with Gasteiger partial charge in [0.2, 0.25) is 0 Å². The van der Waals surface area contributed by atoms with Crippen LogP contribution in [0, 0.1) is 34.5 Å². The summed E-state index contributed by atoms with van der Waals surface area (Å²) >= 11 is 0. The molecule has 0 saturated heterocycles. The SMILES string of the molecule is N=C(N)C(CN=NCC(C(=N)N)C1CC1)C1CC1. The molecular formula is C12H22N6. The Balaban J connectivity index is 1.76. The third kappa shape index (κ3) is 3.51. The maximum Gasteiger partial charge on any atom is 0.0959 e.